The SMILES string of the molecule is CCCCCCCCCCCCCCCCCCCCc1csc(-c2ccc3c(c2)C(CCCCCCCCCCCCCCCCCCCC)(CCCCCCCCCCCCCCCCCCCC)c2cc(-c4cc(CCCCCCCCCCCCCCCCCCCC)cs4)ccc2-3)c1. The Morgan fingerprint density at radius 3 is 0.592 bits per heavy atom. The molecule has 0 unspecified atom stereocenters. The second-order valence-electron chi connectivity index (χ2n) is 34.3. The van der Waals surface area contributed by atoms with E-state index in [9.17, 15) is 0 Å². The first-order chi connectivity index (χ1) is 51.1. The quantitative estimate of drug-likeness (QED) is 0.0387. The molecule has 0 spiro atoms. The Kier molecular flexibility index (Phi) is 58.3. The van der Waals surface area contributed by atoms with Gasteiger partial charge < -0.3 is 0 Å². The molecule has 590 valence electrons. The zero-order chi connectivity index (χ0) is 72.5. The van der Waals surface area contributed by atoms with E-state index in [-0.39, 0.29) is 5.41 Å². The Morgan fingerprint density at radius 2 is 0.388 bits per heavy atom. The minimum absolute atomic E-state index is 0.0703. The highest BCUT2D eigenvalue weighted by atomic mass is 32.1. The summed E-state index contributed by atoms with van der Waals surface area (Å²) in [6.45, 7) is 9.31. The Balaban J connectivity index is 1.17. The monoisotopic (exact) mass is 1450 g/mol. The van der Waals surface area contributed by atoms with Gasteiger partial charge in [-0.3, -0.25) is 0 Å². The van der Waals surface area contributed by atoms with E-state index in [0.29, 0.717) is 0 Å². The molecule has 0 N–H and O–H groups in total. The molecule has 0 nitrogen and oxygen atoms in total. The lowest BCUT2D eigenvalue weighted by atomic mass is 9.70. The van der Waals surface area contributed by atoms with Gasteiger partial charge in [-0.1, -0.05) is 501 Å². The van der Waals surface area contributed by atoms with Crippen molar-refractivity contribution in [2.24, 2.45) is 0 Å². The lowest BCUT2D eigenvalue weighted by Gasteiger charge is -2.33. The summed E-state index contributed by atoms with van der Waals surface area (Å²) >= 11 is 4.05. The fraction of sp³-hybridized carbons (Fsp3) is 0.802. The third-order valence-corrected chi connectivity index (χ3v) is 26.8. The van der Waals surface area contributed by atoms with Gasteiger partial charge in [0.05, 0.1) is 0 Å². The summed E-state index contributed by atoms with van der Waals surface area (Å²) in [5.74, 6) is 0. The molecule has 1 aliphatic rings. The van der Waals surface area contributed by atoms with Crippen molar-refractivity contribution in [1.29, 1.82) is 0 Å². The maximum absolute atomic E-state index is 2.76. The normalized spacial score (nSPS) is 12.6. The first-order valence-electron chi connectivity index (χ1n) is 47.6. The maximum atomic E-state index is 2.76. The zero-order valence-corrected chi connectivity index (χ0v) is 71.5. The van der Waals surface area contributed by atoms with Crippen molar-refractivity contribution in [3.05, 3.63) is 81.5 Å². The molecule has 2 aromatic carbocycles. The van der Waals surface area contributed by atoms with Crippen LogP contribution in [0.1, 0.15) is 525 Å². The van der Waals surface area contributed by atoms with Crippen molar-refractivity contribution in [3.63, 3.8) is 0 Å². The summed E-state index contributed by atoms with van der Waals surface area (Å²) in [5, 5.41) is 5.05. The van der Waals surface area contributed by atoms with Gasteiger partial charge in [0.1, 0.15) is 0 Å². The fourth-order valence-corrected chi connectivity index (χ4v) is 19.8. The third-order valence-electron chi connectivity index (χ3n) is 24.8. The molecule has 0 atom stereocenters. The largest absolute Gasteiger partial charge is 0.144 e. The van der Waals surface area contributed by atoms with E-state index in [1.165, 1.54) is 509 Å². The zero-order valence-electron chi connectivity index (χ0n) is 69.8. The summed E-state index contributed by atoms with van der Waals surface area (Å²) in [6.07, 6.45) is 109. The molecule has 0 radical (unpaired) electrons. The van der Waals surface area contributed by atoms with E-state index in [0.717, 1.165) is 0 Å². The average Bonchev–Trinajstić information content (AvgIpc) is 1.56. The predicted octanol–water partition coefficient (Wildman–Crippen LogP) is 37.4. The number of rotatable bonds is 78. The van der Waals surface area contributed by atoms with Gasteiger partial charge in [0.15, 0.2) is 0 Å². The second kappa shape index (κ2) is 65.7. The molecule has 0 bridgehead atoms. The molecular formula is C101H174S2. The summed E-state index contributed by atoms with van der Waals surface area (Å²) < 4.78 is 0. The summed E-state index contributed by atoms with van der Waals surface area (Å²) in [5.41, 5.74) is 12.6. The van der Waals surface area contributed by atoms with Crippen molar-refractivity contribution >= 4 is 22.7 Å². The van der Waals surface area contributed by atoms with Crippen LogP contribution in [0.25, 0.3) is 32.0 Å². The van der Waals surface area contributed by atoms with Crippen molar-refractivity contribution < 1.29 is 0 Å². The van der Waals surface area contributed by atoms with Crippen LogP contribution in [0.15, 0.2) is 59.3 Å². The Hall–Kier alpha value is -2.16. The molecule has 0 saturated carbocycles. The van der Waals surface area contributed by atoms with Crippen LogP contribution in [0.5, 0.6) is 0 Å². The van der Waals surface area contributed by atoms with Gasteiger partial charge in [-0.05, 0) is 118 Å². The maximum Gasteiger partial charge on any atom is 0.0345 e. The number of aryl methyl sites for hydroxylation is 2. The molecule has 0 fully saturated rings. The molecule has 1 aliphatic carbocycles. The molecule has 4 aromatic rings. The number of thiophene rings is 2. The lowest BCUT2D eigenvalue weighted by molar-refractivity contribution is 0.397. The van der Waals surface area contributed by atoms with E-state index >= 15 is 0 Å². The van der Waals surface area contributed by atoms with Gasteiger partial charge in [0.25, 0.3) is 0 Å². The van der Waals surface area contributed by atoms with Gasteiger partial charge in [0, 0.05) is 15.2 Å². The Labute approximate surface area is 652 Å². The molecule has 2 heterocycles. The average molecular weight is 1450 g/mol. The van der Waals surface area contributed by atoms with Crippen molar-refractivity contribution in [3.8, 4) is 32.0 Å². The molecule has 2 heteroatoms. The Bertz CT molecular complexity index is 2290. The third kappa shape index (κ3) is 43.7. The van der Waals surface area contributed by atoms with Gasteiger partial charge in [0.2, 0.25) is 0 Å². The summed E-state index contributed by atoms with van der Waals surface area (Å²) in [6, 6.07) is 21.0. The van der Waals surface area contributed by atoms with E-state index in [1.807, 2.05) is 22.7 Å². The number of hydrogen-bond acceptors (Lipinski definition) is 2. The Morgan fingerprint density at radius 1 is 0.204 bits per heavy atom. The first kappa shape index (κ1) is 91.5. The smallest absolute Gasteiger partial charge is 0.0345 e. The number of benzene rings is 2. The van der Waals surface area contributed by atoms with E-state index in [1.54, 1.807) is 33.4 Å². The number of fused-ring (bicyclic) bond motifs is 3. The predicted molar refractivity (Wildman–Crippen MR) is 471 cm³/mol. The molecule has 0 amide bonds. The molecule has 5 rings (SSSR count). The molecule has 0 aliphatic heterocycles. The van der Waals surface area contributed by atoms with Gasteiger partial charge in [-0.15, -0.1) is 22.7 Å². The van der Waals surface area contributed by atoms with Crippen molar-refractivity contribution in [2.75, 3.05) is 0 Å². The fourth-order valence-electron chi connectivity index (χ4n) is 17.9. The first-order valence-corrected chi connectivity index (χ1v) is 49.3. The van der Waals surface area contributed by atoms with Crippen molar-refractivity contribution in [1.82, 2.24) is 0 Å². The van der Waals surface area contributed by atoms with Crippen LogP contribution < -0.4 is 0 Å². The summed E-state index contributed by atoms with van der Waals surface area (Å²) in [7, 11) is 0. The molecular weight excluding hydrogens is 1280 g/mol. The van der Waals surface area contributed by atoms with E-state index < -0.39 is 0 Å². The highest BCUT2D eigenvalue weighted by Gasteiger charge is 2.43. The lowest BCUT2D eigenvalue weighted by Crippen LogP contribution is -2.25. The standard InChI is InChI=1S/C101H174S2/c1-5-9-13-17-21-25-29-33-37-41-45-49-53-57-61-65-69-73-77-91-85-99(102-89-91)93-79-81-95-96-82-80-94(100-86-92(90-103-100)78-74-70-66-62-58-54-50-46-42-38-34-30-26-22-18-14-10-6-2)88-98(96)101(97(95)87-93,83-75-71-67-63-59-55-51-47-43-39-35-31-27-23-19-15-11-7-3)84-76-72-68-64-60-56-52-48-44-40-36-32-28-24-20-16-12-8-4/h79-82,85-90H,5-78,83-84H2,1-4H3. The summed E-state index contributed by atoms with van der Waals surface area (Å²) in [4.78, 5) is 2.99. The number of hydrogen-bond donors (Lipinski definition) is 0. The van der Waals surface area contributed by atoms with Crippen LogP contribution in [0.3, 0.4) is 0 Å². The van der Waals surface area contributed by atoms with Gasteiger partial charge in [-0.25, -0.2) is 0 Å². The van der Waals surface area contributed by atoms with Crippen LogP contribution in [0.4, 0.5) is 0 Å². The van der Waals surface area contributed by atoms with Crippen LogP contribution in [-0.4, -0.2) is 0 Å². The van der Waals surface area contributed by atoms with Crippen LogP contribution in [-0.2, 0) is 18.3 Å². The van der Waals surface area contributed by atoms with Crippen LogP contribution in [0.2, 0.25) is 0 Å². The van der Waals surface area contributed by atoms with Crippen LogP contribution >= 0.6 is 22.7 Å². The van der Waals surface area contributed by atoms with E-state index in [2.05, 4.69) is 87.0 Å². The molecule has 2 aromatic heterocycles. The highest BCUT2D eigenvalue weighted by Crippen LogP contribution is 2.56. The second-order valence-corrected chi connectivity index (χ2v) is 36.1. The highest BCUT2D eigenvalue weighted by molar-refractivity contribution is 7.14. The van der Waals surface area contributed by atoms with Gasteiger partial charge in [-0.2, -0.15) is 0 Å². The van der Waals surface area contributed by atoms with Crippen molar-refractivity contribution in [2.45, 2.75) is 521 Å². The van der Waals surface area contributed by atoms with E-state index in [4.69, 9.17) is 0 Å². The minimum Gasteiger partial charge on any atom is -0.144 e. The molecule has 0 saturated heterocycles. The topological polar surface area (TPSA) is 0 Å². The van der Waals surface area contributed by atoms with Crippen LogP contribution in [0, 0.1) is 0 Å². The van der Waals surface area contributed by atoms with Gasteiger partial charge >= 0.3 is 0 Å². The molecule has 103 heavy (non-hydrogen) atoms. The number of unbranched alkanes of at least 4 members (excludes halogenated alkanes) is 68. The minimum atomic E-state index is 0.0703.